The van der Waals surface area contributed by atoms with Gasteiger partial charge in [-0.15, -0.1) is 0 Å². The van der Waals surface area contributed by atoms with Crippen LogP contribution >= 0.6 is 0 Å². The minimum atomic E-state index is -4.20. The zero-order chi connectivity index (χ0) is 12.5. The average Bonchev–Trinajstić information content (AvgIpc) is 2.29. The highest BCUT2D eigenvalue weighted by Gasteiger charge is 2.11. The molecule has 2 aromatic rings. The monoisotopic (exact) mass is 251 g/mol. The van der Waals surface area contributed by atoms with Crippen molar-refractivity contribution in [3.63, 3.8) is 0 Å². The number of nitrogens with zero attached hydrogens (tertiary/aromatic N) is 1. The first kappa shape index (κ1) is 11.6. The maximum atomic E-state index is 11.5. The molecule has 1 aromatic carbocycles. The van der Waals surface area contributed by atoms with Crippen LogP contribution in [0.1, 0.15) is 0 Å². The molecule has 0 saturated heterocycles. The Hall–Kier alpha value is -1.92. The SMILES string of the molecule is O=S(=O)(O)c1ccc(-c2cccc[n+]2[O-])cc1. The standard InChI is InChI=1S/C11H9NO4S/c13-12-8-2-1-3-11(12)9-4-6-10(7-5-9)17(14,15)16/h1-8H,(H,14,15,16). The summed E-state index contributed by atoms with van der Waals surface area (Å²) in [6, 6.07) is 10.4. The van der Waals surface area contributed by atoms with E-state index in [1.165, 1.54) is 30.5 Å². The molecule has 0 bridgehead atoms. The highest BCUT2D eigenvalue weighted by molar-refractivity contribution is 7.85. The highest BCUT2D eigenvalue weighted by Crippen LogP contribution is 2.17. The smallest absolute Gasteiger partial charge is 0.294 e. The summed E-state index contributed by atoms with van der Waals surface area (Å²) in [4.78, 5) is -0.199. The lowest BCUT2D eigenvalue weighted by Crippen LogP contribution is -2.27. The zero-order valence-corrected chi connectivity index (χ0v) is 9.46. The molecule has 1 aromatic heterocycles. The van der Waals surface area contributed by atoms with E-state index >= 15 is 0 Å². The van der Waals surface area contributed by atoms with Crippen molar-refractivity contribution in [3.05, 3.63) is 53.9 Å². The largest absolute Gasteiger partial charge is 0.618 e. The van der Waals surface area contributed by atoms with Crippen LogP contribution in [0.5, 0.6) is 0 Å². The van der Waals surface area contributed by atoms with E-state index < -0.39 is 10.1 Å². The summed E-state index contributed by atoms with van der Waals surface area (Å²) < 4.78 is 31.2. The minimum absolute atomic E-state index is 0.199. The maximum absolute atomic E-state index is 11.5. The molecule has 17 heavy (non-hydrogen) atoms. The minimum Gasteiger partial charge on any atom is -0.618 e. The van der Waals surface area contributed by atoms with E-state index in [1.54, 1.807) is 18.2 Å². The first-order chi connectivity index (χ1) is 7.98. The van der Waals surface area contributed by atoms with Crippen LogP contribution in [-0.4, -0.2) is 13.0 Å². The molecule has 88 valence electrons. The second-order valence-electron chi connectivity index (χ2n) is 3.41. The first-order valence-corrected chi connectivity index (χ1v) is 6.18. The van der Waals surface area contributed by atoms with Crippen molar-refractivity contribution in [3.8, 4) is 11.3 Å². The normalized spacial score (nSPS) is 11.4. The Bertz CT molecular complexity index is 635. The van der Waals surface area contributed by atoms with Gasteiger partial charge in [-0.1, -0.05) is 0 Å². The summed E-state index contributed by atoms with van der Waals surface area (Å²) in [5.74, 6) is 0. The third-order valence-electron chi connectivity index (χ3n) is 2.27. The molecule has 0 aliphatic heterocycles. The van der Waals surface area contributed by atoms with Crippen LogP contribution in [0, 0.1) is 5.21 Å². The summed E-state index contributed by atoms with van der Waals surface area (Å²) in [5.41, 5.74) is 0.988. The summed E-state index contributed by atoms with van der Waals surface area (Å²) in [6.07, 6.45) is 1.35. The molecule has 0 unspecified atom stereocenters. The van der Waals surface area contributed by atoms with Gasteiger partial charge in [-0.2, -0.15) is 13.1 Å². The van der Waals surface area contributed by atoms with E-state index in [2.05, 4.69) is 0 Å². The Morgan fingerprint density at radius 3 is 2.24 bits per heavy atom. The molecule has 0 spiro atoms. The van der Waals surface area contributed by atoms with E-state index in [4.69, 9.17) is 4.55 Å². The van der Waals surface area contributed by atoms with Crippen molar-refractivity contribution in [1.82, 2.24) is 0 Å². The number of aromatic nitrogens is 1. The highest BCUT2D eigenvalue weighted by atomic mass is 32.2. The number of benzene rings is 1. The Balaban J connectivity index is 2.47. The lowest BCUT2D eigenvalue weighted by molar-refractivity contribution is -0.593. The molecule has 0 amide bonds. The first-order valence-electron chi connectivity index (χ1n) is 4.74. The van der Waals surface area contributed by atoms with Gasteiger partial charge >= 0.3 is 0 Å². The van der Waals surface area contributed by atoms with Crippen molar-refractivity contribution in [2.75, 3.05) is 0 Å². The number of pyridine rings is 1. The lowest BCUT2D eigenvalue weighted by atomic mass is 10.1. The number of rotatable bonds is 2. The molecule has 1 heterocycles. The molecular formula is C11H9NO4S. The van der Waals surface area contributed by atoms with Gasteiger partial charge in [0.05, 0.1) is 4.90 Å². The van der Waals surface area contributed by atoms with Gasteiger partial charge in [0.25, 0.3) is 10.1 Å². The van der Waals surface area contributed by atoms with Crippen molar-refractivity contribution in [2.24, 2.45) is 0 Å². The fraction of sp³-hybridized carbons (Fsp3) is 0. The van der Waals surface area contributed by atoms with Gasteiger partial charge in [-0.25, -0.2) is 0 Å². The van der Waals surface area contributed by atoms with Gasteiger partial charge < -0.3 is 5.21 Å². The molecule has 1 N–H and O–H groups in total. The third-order valence-corrected chi connectivity index (χ3v) is 3.14. The van der Waals surface area contributed by atoms with Crippen LogP contribution in [0.15, 0.2) is 53.6 Å². The van der Waals surface area contributed by atoms with E-state index in [0.29, 0.717) is 16.0 Å². The van der Waals surface area contributed by atoms with Gasteiger partial charge in [0.2, 0.25) is 5.69 Å². The fourth-order valence-corrected chi connectivity index (χ4v) is 1.93. The number of hydrogen-bond acceptors (Lipinski definition) is 3. The van der Waals surface area contributed by atoms with Crippen LogP contribution in [0.2, 0.25) is 0 Å². The van der Waals surface area contributed by atoms with Crippen molar-refractivity contribution in [1.29, 1.82) is 0 Å². The molecular weight excluding hydrogens is 242 g/mol. The molecule has 0 aliphatic carbocycles. The predicted molar refractivity (Wildman–Crippen MR) is 60.7 cm³/mol. The molecule has 6 heteroatoms. The zero-order valence-electron chi connectivity index (χ0n) is 8.65. The Labute approximate surface area is 98.3 Å². The van der Waals surface area contributed by atoms with Gasteiger partial charge in [-0.05, 0) is 30.3 Å². The van der Waals surface area contributed by atoms with E-state index in [9.17, 15) is 13.6 Å². The van der Waals surface area contributed by atoms with Crippen LogP contribution in [-0.2, 0) is 10.1 Å². The van der Waals surface area contributed by atoms with E-state index in [-0.39, 0.29) is 4.90 Å². The summed E-state index contributed by atoms with van der Waals surface area (Å²) >= 11 is 0. The Kier molecular flexibility index (Phi) is 2.83. The van der Waals surface area contributed by atoms with Gasteiger partial charge in [0.15, 0.2) is 6.20 Å². The summed E-state index contributed by atoms with van der Waals surface area (Å²) in [6.45, 7) is 0. The number of hydrogen-bond donors (Lipinski definition) is 1. The van der Waals surface area contributed by atoms with Crippen LogP contribution in [0.25, 0.3) is 11.3 Å². The van der Waals surface area contributed by atoms with E-state index in [0.717, 1.165) is 0 Å². The molecule has 5 nitrogen and oxygen atoms in total. The Morgan fingerprint density at radius 1 is 1.06 bits per heavy atom. The topological polar surface area (TPSA) is 81.3 Å². The van der Waals surface area contributed by atoms with Crippen LogP contribution in [0.3, 0.4) is 0 Å². The third kappa shape index (κ3) is 2.43. The molecule has 0 fully saturated rings. The second-order valence-corrected chi connectivity index (χ2v) is 4.83. The second kappa shape index (κ2) is 4.15. The van der Waals surface area contributed by atoms with Gasteiger partial charge in [0.1, 0.15) is 0 Å². The molecule has 0 aliphatic rings. The van der Waals surface area contributed by atoms with Crippen molar-refractivity contribution in [2.45, 2.75) is 4.90 Å². The van der Waals surface area contributed by atoms with Crippen LogP contribution < -0.4 is 4.73 Å². The Morgan fingerprint density at radius 2 is 1.71 bits per heavy atom. The van der Waals surface area contributed by atoms with Crippen molar-refractivity contribution < 1.29 is 17.7 Å². The molecule has 0 saturated carbocycles. The van der Waals surface area contributed by atoms with Gasteiger partial charge in [-0.3, -0.25) is 4.55 Å². The predicted octanol–water partition coefficient (Wildman–Crippen LogP) is 1.23. The molecule has 0 atom stereocenters. The molecule has 0 radical (unpaired) electrons. The van der Waals surface area contributed by atoms with E-state index in [1.807, 2.05) is 0 Å². The maximum Gasteiger partial charge on any atom is 0.294 e. The summed E-state index contributed by atoms with van der Waals surface area (Å²) in [5, 5.41) is 11.5. The average molecular weight is 251 g/mol. The lowest BCUT2D eigenvalue weighted by Gasteiger charge is -2.04. The van der Waals surface area contributed by atoms with Gasteiger partial charge in [0, 0.05) is 17.7 Å². The van der Waals surface area contributed by atoms with Crippen molar-refractivity contribution >= 4 is 10.1 Å². The quantitative estimate of drug-likeness (QED) is 0.494. The van der Waals surface area contributed by atoms with Crippen LogP contribution in [0.4, 0.5) is 0 Å². The fourth-order valence-electron chi connectivity index (χ4n) is 1.45. The molecule has 2 rings (SSSR count). The summed E-state index contributed by atoms with van der Waals surface area (Å²) in [7, 11) is -4.20.